The van der Waals surface area contributed by atoms with Crippen LogP contribution in [0, 0.1) is 24.7 Å². The van der Waals surface area contributed by atoms with E-state index >= 15 is 0 Å². The number of rotatable bonds is 6. The molecular formula is C12H25. The second kappa shape index (κ2) is 6.51. The van der Waals surface area contributed by atoms with Gasteiger partial charge in [-0.1, -0.05) is 53.9 Å². The van der Waals surface area contributed by atoms with E-state index < -0.39 is 0 Å². The van der Waals surface area contributed by atoms with E-state index in [-0.39, 0.29) is 0 Å². The van der Waals surface area contributed by atoms with Crippen LogP contribution in [0.4, 0.5) is 0 Å². The molecule has 0 aromatic carbocycles. The summed E-state index contributed by atoms with van der Waals surface area (Å²) < 4.78 is 0. The molecule has 0 amide bonds. The van der Waals surface area contributed by atoms with Crippen LogP contribution in [0.15, 0.2) is 0 Å². The molecule has 0 heterocycles. The molecule has 73 valence electrons. The molecule has 0 aromatic rings. The number of hydrogen-bond acceptors (Lipinski definition) is 0. The van der Waals surface area contributed by atoms with Crippen LogP contribution < -0.4 is 0 Å². The van der Waals surface area contributed by atoms with E-state index in [1.165, 1.54) is 19.3 Å². The fourth-order valence-corrected chi connectivity index (χ4v) is 1.72. The first-order valence-electron chi connectivity index (χ1n) is 5.44. The maximum Gasteiger partial charge on any atom is -0.0389 e. The Kier molecular flexibility index (Phi) is 6.51. The molecule has 0 fully saturated rings. The SMILES string of the molecule is [CH2]CC(C)C(CC)CC(C)CC. The first kappa shape index (κ1) is 12.0. The van der Waals surface area contributed by atoms with Crippen molar-refractivity contribution in [2.45, 2.75) is 53.4 Å². The predicted molar refractivity (Wildman–Crippen MR) is 57.0 cm³/mol. The smallest absolute Gasteiger partial charge is 0.0389 e. The van der Waals surface area contributed by atoms with Crippen molar-refractivity contribution in [1.29, 1.82) is 0 Å². The molecule has 0 nitrogen and oxygen atoms in total. The molecule has 0 saturated carbocycles. The molecule has 0 aliphatic rings. The molecule has 0 spiro atoms. The van der Waals surface area contributed by atoms with Gasteiger partial charge in [-0.2, -0.15) is 0 Å². The molecule has 0 aliphatic carbocycles. The summed E-state index contributed by atoms with van der Waals surface area (Å²) in [5.41, 5.74) is 0. The highest BCUT2D eigenvalue weighted by Crippen LogP contribution is 2.26. The lowest BCUT2D eigenvalue weighted by atomic mass is 9.82. The van der Waals surface area contributed by atoms with Gasteiger partial charge in [0.15, 0.2) is 0 Å². The van der Waals surface area contributed by atoms with E-state index in [2.05, 4.69) is 34.6 Å². The highest BCUT2D eigenvalue weighted by atomic mass is 14.2. The topological polar surface area (TPSA) is 0 Å². The van der Waals surface area contributed by atoms with Gasteiger partial charge >= 0.3 is 0 Å². The highest BCUT2D eigenvalue weighted by molar-refractivity contribution is 4.68. The normalized spacial score (nSPS) is 18.8. The van der Waals surface area contributed by atoms with Crippen molar-refractivity contribution < 1.29 is 0 Å². The van der Waals surface area contributed by atoms with Gasteiger partial charge in [0.05, 0.1) is 0 Å². The van der Waals surface area contributed by atoms with E-state index in [0.29, 0.717) is 0 Å². The molecule has 0 N–H and O–H groups in total. The summed E-state index contributed by atoms with van der Waals surface area (Å²) in [6.07, 6.45) is 5.13. The van der Waals surface area contributed by atoms with E-state index in [0.717, 1.165) is 24.2 Å². The van der Waals surface area contributed by atoms with Crippen molar-refractivity contribution in [2.24, 2.45) is 17.8 Å². The lowest BCUT2D eigenvalue weighted by molar-refractivity contribution is 0.279. The monoisotopic (exact) mass is 169 g/mol. The van der Waals surface area contributed by atoms with Gasteiger partial charge in [0.1, 0.15) is 0 Å². The van der Waals surface area contributed by atoms with Crippen LogP contribution >= 0.6 is 0 Å². The Morgan fingerprint density at radius 2 is 1.67 bits per heavy atom. The molecule has 3 unspecified atom stereocenters. The summed E-state index contributed by atoms with van der Waals surface area (Å²) in [4.78, 5) is 0. The molecule has 0 rings (SSSR count). The minimum atomic E-state index is 0.809. The maximum atomic E-state index is 3.99. The zero-order chi connectivity index (χ0) is 9.56. The van der Waals surface area contributed by atoms with Crippen molar-refractivity contribution in [3.63, 3.8) is 0 Å². The third-order valence-electron chi connectivity index (χ3n) is 3.19. The van der Waals surface area contributed by atoms with Crippen molar-refractivity contribution in [1.82, 2.24) is 0 Å². The van der Waals surface area contributed by atoms with Gasteiger partial charge in [0, 0.05) is 0 Å². The lowest BCUT2D eigenvalue weighted by Crippen LogP contribution is -2.13. The Morgan fingerprint density at radius 1 is 1.08 bits per heavy atom. The first-order chi connectivity index (χ1) is 5.65. The van der Waals surface area contributed by atoms with Crippen LogP contribution in [0.2, 0.25) is 0 Å². The molecule has 0 bridgehead atoms. The zero-order valence-corrected chi connectivity index (χ0v) is 9.27. The van der Waals surface area contributed by atoms with Crippen molar-refractivity contribution in [2.75, 3.05) is 0 Å². The lowest BCUT2D eigenvalue weighted by Gasteiger charge is -2.24. The summed E-state index contributed by atoms with van der Waals surface area (Å²) in [5, 5.41) is 0. The molecular weight excluding hydrogens is 144 g/mol. The van der Waals surface area contributed by atoms with Gasteiger partial charge in [-0.3, -0.25) is 0 Å². The van der Waals surface area contributed by atoms with Gasteiger partial charge in [-0.05, 0) is 24.2 Å². The molecule has 1 radical (unpaired) electrons. The van der Waals surface area contributed by atoms with Crippen molar-refractivity contribution in [3.05, 3.63) is 6.92 Å². The van der Waals surface area contributed by atoms with Gasteiger partial charge in [-0.15, -0.1) is 0 Å². The highest BCUT2D eigenvalue weighted by Gasteiger charge is 2.15. The maximum absolute atomic E-state index is 3.99. The molecule has 0 saturated heterocycles. The quantitative estimate of drug-likeness (QED) is 0.556. The third-order valence-corrected chi connectivity index (χ3v) is 3.19. The second-order valence-electron chi connectivity index (χ2n) is 4.18. The molecule has 3 atom stereocenters. The minimum Gasteiger partial charge on any atom is -0.0651 e. The molecule has 12 heavy (non-hydrogen) atoms. The van der Waals surface area contributed by atoms with E-state index in [1.807, 2.05) is 0 Å². The standard InChI is InChI=1S/C12H25/c1-6-10(4)9-12(8-3)11(5)7-2/h10-12H,2,6-9H2,1,3-5H3. The second-order valence-corrected chi connectivity index (χ2v) is 4.18. The molecule has 0 aliphatic heterocycles. The zero-order valence-electron chi connectivity index (χ0n) is 9.27. The fourth-order valence-electron chi connectivity index (χ4n) is 1.72. The Balaban J connectivity index is 3.81. The van der Waals surface area contributed by atoms with Crippen LogP contribution in [-0.2, 0) is 0 Å². The van der Waals surface area contributed by atoms with Crippen LogP contribution in [-0.4, -0.2) is 0 Å². The Hall–Kier alpha value is 0. The minimum absolute atomic E-state index is 0.809. The Morgan fingerprint density at radius 3 is 2.00 bits per heavy atom. The van der Waals surface area contributed by atoms with Crippen LogP contribution in [0.5, 0.6) is 0 Å². The largest absolute Gasteiger partial charge is 0.0651 e. The fraction of sp³-hybridized carbons (Fsp3) is 0.917. The van der Waals surface area contributed by atoms with E-state index in [9.17, 15) is 0 Å². The summed E-state index contributed by atoms with van der Waals surface area (Å²) >= 11 is 0. The van der Waals surface area contributed by atoms with Crippen molar-refractivity contribution in [3.8, 4) is 0 Å². The molecule has 0 heteroatoms. The summed E-state index contributed by atoms with van der Waals surface area (Å²) in [5.74, 6) is 2.60. The Labute approximate surface area is 78.8 Å². The number of hydrogen-bond donors (Lipinski definition) is 0. The average molecular weight is 169 g/mol. The van der Waals surface area contributed by atoms with Gasteiger partial charge < -0.3 is 0 Å². The van der Waals surface area contributed by atoms with Gasteiger partial charge in [-0.25, -0.2) is 0 Å². The predicted octanol–water partition coefficient (Wildman–Crippen LogP) is 4.31. The van der Waals surface area contributed by atoms with Crippen LogP contribution in [0.3, 0.4) is 0 Å². The van der Waals surface area contributed by atoms with E-state index in [1.54, 1.807) is 0 Å². The van der Waals surface area contributed by atoms with Gasteiger partial charge in [0.2, 0.25) is 0 Å². The van der Waals surface area contributed by atoms with E-state index in [4.69, 9.17) is 0 Å². The summed E-state index contributed by atoms with van der Waals surface area (Å²) in [6, 6.07) is 0. The summed E-state index contributed by atoms with van der Waals surface area (Å²) in [6.45, 7) is 13.3. The third kappa shape index (κ3) is 4.13. The molecule has 0 aromatic heterocycles. The van der Waals surface area contributed by atoms with Crippen LogP contribution in [0.25, 0.3) is 0 Å². The summed E-state index contributed by atoms with van der Waals surface area (Å²) in [7, 11) is 0. The Bertz CT molecular complexity index is 96.2. The van der Waals surface area contributed by atoms with Crippen molar-refractivity contribution >= 4 is 0 Å². The average Bonchev–Trinajstić information content (AvgIpc) is 2.12. The first-order valence-corrected chi connectivity index (χ1v) is 5.44. The van der Waals surface area contributed by atoms with Gasteiger partial charge in [0.25, 0.3) is 0 Å². The van der Waals surface area contributed by atoms with Crippen LogP contribution in [0.1, 0.15) is 53.4 Å².